The number of hydrogen-bond donors (Lipinski definition) is 1. The molecule has 2 N–H and O–H groups in total. The number of carbonyl (C=O) groups is 1. The second-order valence-corrected chi connectivity index (χ2v) is 6.46. The summed E-state index contributed by atoms with van der Waals surface area (Å²) in [5.74, 6) is 0.439. The highest BCUT2D eigenvalue weighted by molar-refractivity contribution is 5.97. The number of amides is 1. The molecule has 0 saturated carbocycles. The Labute approximate surface area is 130 Å². The van der Waals surface area contributed by atoms with E-state index in [1.807, 2.05) is 15.6 Å². The predicted molar refractivity (Wildman–Crippen MR) is 85.6 cm³/mol. The van der Waals surface area contributed by atoms with Gasteiger partial charge in [0.2, 0.25) is 0 Å². The van der Waals surface area contributed by atoms with Gasteiger partial charge in [-0.1, -0.05) is 0 Å². The highest BCUT2D eigenvalue weighted by Gasteiger charge is 2.32. The van der Waals surface area contributed by atoms with Crippen molar-refractivity contribution < 1.29 is 4.79 Å². The minimum Gasteiger partial charge on any atom is -0.336 e. The molecule has 1 aliphatic heterocycles. The third kappa shape index (κ3) is 2.47. The van der Waals surface area contributed by atoms with Crippen LogP contribution >= 0.6 is 0 Å². The SMILES string of the molecule is CC1CC(CN)CN1C(=O)c1cnc2c(cnn2C(C)C)c1. The molecule has 1 saturated heterocycles. The van der Waals surface area contributed by atoms with Crippen LogP contribution in [0.5, 0.6) is 0 Å². The minimum absolute atomic E-state index is 0.0372. The van der Waals surface area contributed by atoms with E-state index in [0.29, 0.717) is 18.0 Å². The Balaban J connectivity index is 1.89. The number of fused-ring (bicyclic) bond motifs is 1. The van der Waals surface area contributed by atoms with Crippen LogP contribution < -0.4 is 5.73 Å². The van der Waals surface area contributed by atoms with E-state index in [1.165, 1.54) is 0 Å². The van der Waals surface area contributed by atoms with Crippen LogP contribution in [-0.4, -0.2) is 44.7 Å². The molecule has 0 aromatic carbocycles. The van der Waals surface area contributed by atoms with Crippen LogP contribution in [0, 0.1) is 5.92 Å². The molecular formula is C16H23N5O. The second-order valence-electron chi connectivity index (χ2n) is 6.46. The maximum Gasteiger partial charge on any atom is 0.255 e. The van der Waals surface area contributed by atoms with Crippen LogP contribution in [0.3, 0.4) is 0 Å². The van der Waals surface area contributed by atoms with Gasteiger partial charge < -0.3 is 10.6 Å². The first-order valence-electron chi connectivity index (χ1n) is 7.85. The largest absolute Gasteiger partial charge is 0.336 e. The molecule has 3 heterocycles. The lowest BCUT2D eigenvalue weighted by molar-refractivity contribution is 0.0743. The van der Waals surface area contributed by atoms with Crippen molar-refractivity contribution in [3.8, 4) is 0 Å². The summed E-state index contributed by atoms with van der Waals surface area (Å²) in [7, 11) is 0. The number of pyridine rings is 1. The van der Waals surface area contributed by atoms with Crippen LogP contribution in [0.2, 0.25) is 0 Å². The summed E-state index contributed by atoms with van der Waals surface area (Å²) >= 11 is 0. The normalized spacial score (nSPS) is 22.0. The van der Waals surface area contributed by atoms with E-state index < -0.39 is 0 Å². The first-order valence-corrected chi connectivity index (χ1v) is 7.85. The summed E-state index contributed by atoms with van der Waals surface area (Å²) in [5.41, 5.74) is 7.19. The van der Waals surface area contributed by atoms with Gasteiger partial charge in [0.25, 0.3) is 5.91 Å². The van der Waals surface area contributed by atoms with E-state index >= 15 is 0 Å². The molecule has 22 heavy (non-hydrogen) atoms. The van der Waals surface area contributed by atoms with Crippen molar-refractivity contribution >= 4 is 16.9 Å². The zero-order valence-electron chi connectivity index (χ0n) is 13.4. The standard InChI is InChI=1S/C16H23N5O/c1-10(2)21-15-13(8-19-21)5-14(7-18-15)16(22)20-9-12(6-17)4-11(20)3/h5,7-8,10-12H,4,6,9,17H2,1-3H3. The van der Waals surface area contributed by atoms with Crippen molar-refractivity contribution in [1.82, 2.24) is 19.7 Å². The van der Waals surface area contributed by atoms with Crippen molar-refractivity contribution in [2.45, 2.75) is 39.3 Å². The topological polar surface area (TPSA) is 77.0 Å². The van der Waals surface area contributed by atoms with E-state index in [2.05, 4.69) is 30.9 Å². The van der Waals surface area contributed by atoms with Crippen molar-refractivity contribution in [3.05, 3.63) is 24.0 Å². The number of likely N-dealkylation sites (tertiary alicyclic amines) is 1. The molecule has 6 nitrogen and oxygen atoms in total. The summed E-state index contributed by atoms with van der Waals surface area (Å²) in [5, 5.41) is 5.25. The summed E-state index contributed by atoms with van der Waals surface area (Å²) < 4.78 is 1.87. The average Bonchev–Trinajstić information content (AvgIpc) is 3.09. The second kappa shape index (κ2) is 5.68. The third-order valence-electron chi connectivity index (χ3n) is 4.43. The molecule has 0 aliphatic carbocycles. The maximum absolute atomic E-state index is 12.7. The lowest BCUT2D eigenvalue weighted by Gasteiger charge is -2.21. The van der Waals surface area contributed by atoms with Crippen molar-refractivity contribution in [3.63, 3.8) is 0 Å². The lowest BCUT2D eigenvalue weighted by Crippen LogP contribution is -2.34. The summed E-state index contributed by atoms with van der Waals surface area (Å²) in [6.45, 7) is 7.57. The van der Waals surface area contributed by atoms with Crippen LogP contribution in [0.1, 0.15) is 43.6 Å². The number of rotatable bonds is 3. The van der Waals surface area contributed by atoms with Crippen molar-refractivity contribution in [2.24, 2.45) is 11.7 Å². The fourth-order valence-electron chi connectivity index (χ4n) is 3.20. The Hall–Kier alpha value is -1.95. The number of carbonyl (C=O) groups excluding carboxylic acids is 1. The molecule has 6 heteroatoms. The molecule has 0 radical (unpaired) electrons. The van der Waals surface area contributed by atoms with Gasteiger partial charge in [-0.25, -0.2) is 9.67 Å². The van der Waals surface area contributed by atoms with E-state index in [1.54, 1.807) is 12.4 Å². The Morgan fingerprint density at radius 1 is 1.45 bits per heavy atom. The Morgan fingerprint density at radius 3 is 2.86 bits per heavy atom. The zero-order chi connectivity index (χ0) is 15.9. The van der Waals surface area contributed by atoms with Gasteiger partial charge in [0.1, 0.15) is 0 Å². The van der Waals surface area contributed by atoms with Crippen LogP contribution in [0.15, 0.2) is 18.5 Å². The summed E-state index contributed by atoms with van der Waals surface area (Å²) in [4.78, 5) is 19.1. The van der Waals surface area contributed by atoms with E-state index in [9.17, 15) is 4.79 Å². The van der Waals surface area contributed by atoms with Gasteiger partial charge in [0.15, 0.2) is 5.65 Å². The summed E-state index contributed by atoms with van der Waals surface area (Å²) in [6, 6.07) is 2.37. The monoisotopic (exact) mass is 301 g/mol. The van der Waals surface area contributed by atoms with Gasteiger partial charge in [0, 0.05) is 30.2 Å². The molecule has 2 atom stereocenters. The molecule has 0 spiro atoms. The minimum atomic E-state index is 0.0372. The van der Waals surface area contributed by atoms with Gasteiger partial charge in [-0.2, -0.15) is 5.10 Å². The molecule has 0 bridgehead atoms. The van der Waals surface area contributed by atoms with Crippen molar-refractivity contribution in [2.75, 3.05) is 13.1 Å². The Morgan fingerprint density at radius 2 is 2.23 bits per heavy atom. The molecule has 1 fully saturated rings. The van der Waals surface area contributed by atoms with Crippen LogP contribution in [-0.2, 0) is 0 Å². The molecule has 1 amide bonds. The number of nitrogens with two attached hydrogens (primary N) is 1. The molecule has 2 aromatic rings. The van der Waals surface area contributed by atoms with Gasteiger partial charge in [-0.3, -0.25) is 4.79 Å². The zero-order valence-corrected chi connectivity index (χ0v) is 13.4. The number of nitrogens with zero attached hydrogens (tertiary/aromatic N) is 4. The first kappa shape index (κ1) is 15.0. The molecule has 3 rings (SSSR count). The summed E-state index contributed by atoms with van der Waals surface area (Å²) in [6.07, 6.45) is 4.41. The number of aromatic nitrogens is 3. The Bertz CT molecular complexity index is 693. The van der Waals surface area contributed by atoms with E-state index in [0.717, 1.165) is 24.0 Å². The lowest BCUT2D eigenvalue weighted by atomic mass is 10.1. The third-order valence-corrected chi connectivity index (χ3v) is 4.43. The highest BCUT2D eigenvalue weighted by Crippen LogP contribution is 2.25. The molecule has 2 unspecified atom stereocenters. The molecule has 2 aromatic heterocycles. The average molecular weight is 301 g/mol. The molecule has 118 valence electrons. The highest BCUT2D eigenvalue weighted by atomic mass is 16.2. The van der Waals surface area contributed by atoms with Crippen LogP contribution in [0.4, 0.5) is 0 Å². The van der Waals surface area contributed by atoms with Gasteiger partial charge >= 0.3 is 0 Å². The first-order chi connectivity index (χ1) is 10.5. The fourth-order valence-corrected chi connectivity index (χ4v) is 3.20. The van der Waals surface area contributed by atoms with E-state index in [4.69, 9.17) is 5.73 Å². The quantitative estimate of drug-likeness (QED) is 0.938. The predicted octanol–water partition coefficient (Wildman–Crippen LogP) is 1.82. The fraction of sp³-hybridized carbons (Fsp3) is 0.562. The molecule has 1 aliphatic rings. The van der Waals surface area contributed by atoms with E-state index in [-0.39, 0.29) is 18.0 Å². The van der Waals surface area contributed by atoms with Crippen molar-refractivity contribution in [1.29, 1.82) is 0 Å². The van der Waals surface area contributed by atoms with Gasteiger partial charge in [0.05, 0.1) is 11.8 Å². The smallest absolute Gasteiger partial charge is 0.255 e. The molecular weight excluding hydrogens is 278 g/mol. The number of hydrogen-bond acceptors (Lipinski definition) is 4. The van der Waals surface area contributed by atoms with Gasteiger partial charge in [-0.05, 0) is 45.7 Å². The van der Waals surface area contributed by atoms with Crippen LogP contribution in [0.25, 0.3) is 11.0 Å². The maximum atomic E-state index is 12.7. The Kier molecular flexibility index (Phi) is 3.87. The van der Waals surface area contributed by atoms with Gasteiger partial charge in [-0.15, -0.1) is 0 Å².